The highest BCUT2D eigenvalue weighted by atomic mass is 32.2. The summed E-state index contributed by atoms with van der Waals surface area (Å²) in [5.74, 6) is 0.680. The highest BCUT2D eigenvalue weighted by molar-refractivity contribution is 7.92. The lowest BCUT2D eigenvalue weighted by atomic mass is 10.2. The van der Waals surface area contributed by atoms with E-state index in [4.69, 9.17) is 0 Å². The lowest BCUT2D eigenvalue weighted by Crippen LogP contribution is -2.23. The molecule has 0 radical (unpaired) electrons. The third-order valence-electron chi connectivity index (χ3n) is 2.51. The van der Waals surface area contributed by atoms with Crippen LogP contribution in [0.1, 0.15) is 19.8 Å². The number of anilines is 1. The van der Waals surface area contributed by atoms with Crippen LogP contribution in [0.2, 0.25) is 0 Å². The Hall–Kier alpha value is -0.670. The summed E-state index contributed by atoms with van der Waals surface area (Å²) in [6.07, 6.45) is 2.36. The van der Waals surface area contributed by atoms with E-state index in [2.05, 4.69) is 17.9 Å². The number of para-hydroxylation sites is 1. The van der Waals surface area contributed by atoms with Crippen LogP contribution in [-0.2, 0) is 11.2 Å². The van der Waals surface area contributed by atoms with Gasteiger partial charge in [-0.05, 0) is 18.6 Å². The monoisotopic (exact) mass is 209 g/mol. The van der Waals surface area contributed by atoms with Gasteiger partial charge in [-0.25, -0.2) is 0 Å². The van der Waals surface area contributed by atoms with Gasteiger partial charge < -0.3 is 9.45 Å². The van der Waals surface area contributed by atoms with Crippen LogP contribution in [0.3, 0.4) is 0 Å². The first-order valence-corrected chi connectivity index (χ1v) is 6.37. The summed E-state index contributed by atoms with van der Waals surface area (Å²) >= 11 is -0.805. The van der Waals surface area contributed by atoms with Gasteiger partial charge in [-0.1, -0.05) is 25.5 Å². The molecular weight excluding hydrogens is 194 g/mol. The molecule has 2 nitrogen and oxygen atoms in total. The van der Waals surface area contributed by atoms with E-state index >= 15 is 0 Å². The maximum Gasteiger partial charge on any atom is 0.184 e. The quantitative estimate of drug-likeness (QED) is 0.714. The number of rotatable bonds is 3. The standard InChI is InChI=1S/C11H15NOS/c1-2-3-8-12-9-14(13)11-7-5-4-6-10(11)12/h4-7H,2-3,8-9H2,1H3. The summed E-state index contributed by atoms with van der Waals surface area (Å²) in [4.78, 5) is 3.23. The van der Waals surface area contributed by atoms with Crippen molar-refractivity contribution in [3.8, 4) is 0 Å². The zero-order valence-corrected chi connectivity index (χ0v) is 9.22. The number of hydrogen-bond acceptors (Lipinski definition) is 2. The van der Waals surface area contributed by atoms with Crippen LogP contribution in [0.25, 0.3) is 0 Å². The fourth-order valence-electron chi connectivity index (χ4n) is 1.73. The first kappa shape index (κ1) is 9.87. The van der Waals surface area contributed by atoms with E-state index in [1.807, 2.05) is 18.2 Å². The molecule has 0 aliphatic carbocycles. The molecule has 0 spiro atoms. The largest absolute Gasteiger partial charge is 0.610 e. The molecule has 0 N–H and O–H groups in total. The van der Waals surface area contributed by atoms with Crippen molar-refractivity contribution in [3.63, 3.8) is 0 Å². The Kier molecular flexibility index (Phi) is 2.99. The molecule has 1 atom stereocenters. The van der Waals surface area contributed by atoms with Crippen LogP contribution < -0.4 is 4.90 Å². The van der Waals surface area contributed by atoms with Gasteiger partial charge in [0.2, 0.25) is 0 Å². The molecule has 0 bridgehead atoms. The van der Waals surface area contributed by atoms with E-state index in [1.54, 1.807) is 0 Å². The molecule has 0 fully saturated rings. The topological polar surface area (TPSA) is 26.3 Å². The zero-order chi connectivity index (χ0) is 9.97. The number of unbranched alkanes of at least 4 members (excludes halogenated alkanes) is 1. The van der Waals surface area contributed by atoms with Crippen LogP contribution in [0.5, 0.6) is 0 Å². The number of nitrogens with zero attached hydrogens (tertiary/aromatic N) is 1. The second kappa shape index (κ2) is 4.24. The molecule has 1 unspecified atom stereocenters. The van der Waals surface area contributed by atoms with Crippen LogP contribution in [0, 0.1) is 0 Å². The van der Waals surface area contributed by atoms with Crippen molar-refractivity contribution in [2.45, 2.75) is 24.7 Å². The van der Waals surface area contributed by atoms with E-state index < -0.39 is 11.2 Å². The molecule has 0 aromatic heterocycles. The van der Waals surface area contributed by atoms with Gasteiger partial charge in [0.15, 0.2) is 10.8 Å². The van der Waals surface area contributed by atoms with Gasteiger partial charge in [-0.15, -0.1) is 0 Å². The molecule has 0 saturated carbocycles. The van der Waals surface area contributed by atoms with E-state index in [-0.39, 0.29) is 0 Å². The minimum Gasteiger partial charge on any atom is -0.610 e. The number of benzene rings is 1. The smallest absolute Gasteiger partial charge is 0.184 e. The minimum atomic E-state index is -0.805. The van der Waals surface area contributed by atoms with Crippen molar-refractivity contribution in [2.24, 2.45) is 0 Å². The summed E-state index contributed by atoms with van der Waals surface area (Å²) in [6.45, 7) is 3.21. The summed E-state index contributed by atoms with van der Waals surface area (Å²) in [7, 11) is 0. The maximum atomic E-state index is 11.7. The van der Waals surface area contributed by atoms with Gasteiger partial charge >= 0.3 is 0 Å². The van der Waals surface area contributed by atoms with Gasteiger partial charge in [0.05, 0.1) is 5.69 Å². The predicted octanol–water partition coefficient (Wildman–Crippen LogP) is 2.37. The van der Waals surface area contributed by atoms with E-state index in [0.29, 0.717) is 5.88 Å². The van der Waals surface area contributed by atoms with E-state index in [0.717, 1.165) is 11.4 Å². The molecule has 76 valence electrons. The van der Waals surface area contributed by atoms with Crippen molar-refractivity contribution in [3.05, 3.63) is 24.3 Å². The Bertz CT molecular complexity index is 316. The van der Waals surface area contributed by atoms with Crippen molar-refractivity contribution in [2.75, 3.05) is 17.3 Å². The molecule has 1 heterocycles. The average Bonchev–Trinajstić information content (AvgIpc) is 2.54. The second-order valence-electron chi connectivity index (χ2n) is 3.56. The molecule has 1 aromatic carbocycles. The highest BCUT2D eigenvalue weighted by Crippen LogP contribution is 2.33. The second-order valence-corrected chi connectivity index (χ2v) is 4.95. The van der Waals surface area contributed by atoms with Crippen molar-refractivity contribution in [1.29, 1.82) is 0 Å². The predicted molar refractivity (Wildman–Crippen MR) is 60.0 cm³/mol. The van der Waals surface area contributed by atoms with Crippen LogP contribution in [-0.4, -0.2) is 17.0 Å². The molecule has 0 amide bonds. The lowest BCUT2D eigenvalue weighted by Gasteiger charge is -2.14. The van der Waals surface area contributed by atoms with Crippen LogP contribution in [0.4, 0.5) is 5.69 Å². The molecule has 0 saturated heterocycles. The lowest BCUT2D eigenvalue weighted by molar-refractivity contribution is 0.597. The fraction of sp³-hybridized carbons (Fsp3) is 0.455. The Labute approximate surface area is 88.1 Å². The molecule has 3 heteroatoms. The molecule has 1 aliphatic rings. The molecule has 2 rings (SSSR count). The van der Waals surface area contributed by atoms with Crippen molar-refractivity contribution < 1.29 is 4.55 Å². The molecule has 1 aliphatic heterocycles. The van der Waals surface area contributed by atoms with Crippen molar-refractivity contribution in [1.82, 2.24) is 0 Å². The summed E-state index contributed by atoms with van der Waals surface area (Å²) in [6, 6.07) is 8.01. The molecule has 1 aromatic rings. The summed E-state index contributed by atoms with van der Waals surface area (Å²) in [5, 5.41) is 0. The van der Waals surface area contributed by atoms with Gasteiger partial charge in [0.25, 0.3) is 0 Å². The molecule has 14 heavy (non-hydrogen) atoms. The first-order valence-electron chi connectivity index (χ1n) is 5.05. The van der Waals surface area contributed by atoms with Crippen LogP contribution >= 0.6 is 0 Å². The van der Waals surface area contributed by atoms with Gasteiger partial charge in [-0.2, -0.15) is 0 Å². The van der Waals surface area contributed by atoms with Crippen molar-refractivity contribution >= 4 is 16.9 Å². The Balaban J connectivity index is 2.17. The normalized spacial score (nSPS) is 19.9. The zero-order valence-electron chi connectivity index (χ0n) is 8.40. The maximum absolute atomic E-state index is 11.7. The summed E-state index contributed by atoms with van der Waals surface area (Å²) < 4.78 is 11.7. The first-order chi connectivity index (χ1) is 6.83. The Morgan fingerprint density at radius 2 is 2.21 bits per heavy atom. The van der Waals surface area contributed by atoms with Crippen LogP contribution in [0.15, 0.2) is 29.2 Å². The third-order valence-corrected chi connectivity index (χ3v) is 3.89. The minimum absolute atomic E-state index is 0.680. The van der Waals surface area contributed by atoms with Gasteiger partial charge in [0, 0.05) is 17.7 Å². The summed E-state index contributed by atoms with van der Waals surface area (Å²) in [5.41, 5.74) is 1.17. The fourth-order valence-corrected chi connectivity index (χ4v) is 3.08. The molecular formula is C11H15NOS. The highest BCUT2D eigenvalue weighted by Gasteiger charge is 2.29. The van der Waals surface area contributed by atoms with Gasteiger partial charge in [0.1, 0.15) is 0 Å². The number of hydrogen-bond donors (Lipinski definition) is 0. The average molecular weight is 209 g/mol. The third kappa shape index (κ3) is 1.74. The number of fused-ring (bicyclic) bond motifs is 1. The Morgan fingerprint density at radius 3 is 3.00 bits per heavy atom. The van der Waals surface area contributed by atoms with E-state index in [1.165, 1.54) is 18.5 Å². The van der Waals surface area contributed by atoms with E-state index in [9.17, 15) is 4.55 Å². The Morgan fingerprint density at radius 1 is 1.43 bits per heavy atom. The van der Waals surface area contributed by atoms with Gasteiger partial charge in [-0.3, -0.25) is 0 Å². The SMILES string of the molecule is CCCCN1C[S+]([O-])c2ccccc21.